The van der Waals surface area contributed by atoms with Gasteiger partial charge in [0.15, 0.2) is 5.78 Å². The van der Waals surface area contributed by atoms with Gasteiger partial charge in [-0.2, -0.15) is 0 Å². The molecule has 0 unspecified atom stereocenters. The first-order valence-electron chi connectivity index (χ1n) is 4.84. The standard InChI is InChI=1S/C11H14ClNO2/c12-10-4-2-9(3-5-10)11(15)8-13-6-1-7-14/h2-5,13-14H,1,6-8H2. The maximum absolute atomic E-state index is 11.6. The summed E-state index contributed by atoms with van der Waals surface area (Å²) in [6.07, 6.45) is 0.661. The summed E-state index contributed by atoms with van der Waals surface area (Å²) in [5.41, 5.74) is 0.649. The molecule has 0 heterocycles. The third-order valence-corrected chi connectivity index (χ3v) is 2.22. The number of ketones is 1. The number of carbonyl (C=O) groups excluding carboxylic acids is 1. The van der Waals surface area contributed by atoms with Crippen molar-refractivity contribution in [3.63, 3.8) is 0 Å². The van der Waals surface area contributed by atoms with Gasteiger partial charge in [-0.25, -0.2) is 0 Å². The molecule has 0 fully saturated rings. The molecule has 0 aliphatic carbocycles. The van der Waals surface area contributed by atoms with Crippen LogP contribution in [0.3, 0.4) is 0 Å². The molecule has 0 aliphatic rings. The molecule has 1 rings (SSSR count). The fraction of sp³-hybridized carbons (Fsp3) is 0.364. The number of aliphatic hydroxyl groups excluding tert-OH is 1. The van der Waals surface area contributed by atoms with Gasteiger partial charge < -0.3 is 10.4 Å². The molecule has 0 saturated carbocycles. The number of Topliss-reactive ketones (excluding diaryl/α,β-unsaturated/α-hetero) is 1. The van der Waals surface area contributed by atoms with Crippen molar-refractivity contribution in [1.29, 1.82) is 0 Å². The van der Waals surface area contributed by atoms with Gasteiger partial charge in [-0.05, 0) is 37.2 Å². The van der Waals surface area contributed by atoms with E-state index in [0.717, 1.165) is 0 Å². The number of nitrogens with one attached hydrogen (secondary N) is 1. The van der Waals surface area contributed by atoms with Crippen molar-refractivity contribution in [2.45, 2.75) is 6.42 Å². The van der Waals surface area contributed by atoms with Gasteiger partial charge in [0.25, 0.3) is 0 Å². The van der Waals surface area contributed by atoms with E-state index in [1.807, 2.05) is 0 Å². The average molecular weight is 228 g/mol. The van der Waals surface area contributed by atoms with Crippen LogP contribution in [0, 0.1) is 0 Å². The van der Waals surface area contributed by atoms with Crippen molar-refractivity contribution in [1.82, 2.24) is 5.32 Å². The Bertz CT molecular complexity index is 311. The van der Waals surface area contributed by atoms with Crippen LogP contribution in [0.25, 0.3) is 0 Å². The summed E-state index contributed by atoms with van der Waals surface area (Å²) in [6.45, 7) is 1.08. The molecular weight excluding hydrogens is 214 g/mol. The zero-order chi connectivity index (χ0) is 11.1. The second-order valence-electron chi connectivity index (χ2n) is 3.18. The highest BCUT2D eigenvalue weighted by Gasteiger charge is 2.03. The van der Waals surface area contributed by atoms with E-state index >= 15 is 0 Å². The van der Waals surface area contributed by atoms with Crippen LogP contribution < -0.4 is 5.32 Å². The number of benzene rings is 1. The summed E-state index contributed by atoms with van der Waals surface area (Å²) in [4.78, 5) is 11.6. The van der Waals surface area contributed by atoms with Crippen LogP contribution in [0.5, 0.6) is 0 Å². The molecule has 0 aromatic heterocycles. The van der Waals surface area contributed by atoms with E-state index in [9.17, 15) is 4.79 Å². The molecule has 0 atom stereocenters. The van der Waals surface area contributed by atoms with Gasteiger partial charge in [0, 0.05) is 17.2 Å². The van der Waals surface area contributed by atoms with Crippen LogP contribution in [0.1, 0.15) is 16.8 Å². The van der Waals surface area contributed by atoms with Crippen LogP contribution in [0.15, 0.2) is 24.3 Å². The topological polar surface area (TPSA) is 49.3 Å². The summed E-state index contributed by atoms with van der Waals surface area (Å²) in [7, 11) is 0. The minimum absolute atomic E-state index is 0.0320. The Kier molecular flexibility index (Phi) is 5.32. The summed E-state index contributed by atoms with van der Waals surface area (Å²) in [5, 5.41) is 12.1. The van der Waals surface area contributed by atoms with Gasteiger partial charge in [-0.1, -0.05) is 11.6 Å². The van der Waals surface area contributed by atoms with Crippen LogP contribution in [0.4, 0.5) is 0 Å². The monoisotopic (exact) mass is 227 g/mol. The molecule has 2 N–H and O–H groups in total. The van der Waals surface area contributed by atoms with E-state index < -0.39 is 0 Å². The van der Waals surface area contributed by atoms with Crippen LogP contribution >= 0.6 is 11.6 Å². The number of hydrogen-bond acceptors (Lipinski definition) is 3. The van der Waals surface area contributed by atoms with E-state index in [2.05, 4.69) is 5.32 Å². The first-order valence-corrected chi connectivity index (χ1v) is 5.22. The lowest BCUT2D eigenvalue weighted by atomic mass is 10.1. The number of halogens is 1. The van der Waals surface area contributed by atoms with Crippen molar-refractivity contribution in [2.75, 3.05) is 19.7 Å². The SMILES string of the molecule is O=C(CNCCCO)c1ccc(Cl)cc1. The molecule has 0 spiro atoms. The van der Waals surface area contributed by atoms with Crippen molar-refractivity contribution >= 4 is 17.4 Å². The number of hydrogen-bond donors (Lipinski definition) is 2. The minimum atomic E-state index is 0.0320. The number of rotatable bonds is 6. The van der Waals surface area contributed by atoms with Crippen LogP contribution in [-0.4, -0.2) is 30.6 Å². The largest absolute Gasteiger partial charge is 0.396 e. The predicted octanol–water partition coefficient (Wildman–Crippen LogP) is 1.49. The minimum Gasteiger partial charge on any atom is -0.396 e. The van der Waals surface area contributed by atoms with Crippen LogP contribution in [-0.2, 0) is 0 Å². The quantitative estimate of drug-likeness (QED) is 0.572. The predicted molar refractivity (Wildman–Crippen MR) is 60.4 cm³/mol. The van der Waals surface area contributed by atoms with Crippen molar-refractivity contribution in [2.24, 2.45) is 0 Å². The molecule has 0 amide bonds. The molecule has 0 bridgehead atoms. The summed E-state index contributed by atoms with van der Waals surface area (Å²) in [5.74, 6) is 0.0320. The van der Waals surface area contributed by atoms with Gasteiger partial charge in [0.1, 0.15) is 0 Å². The Morgan fingerprint density at radius 2 is 2.00 bits per heavy atom. The Morgan fingerprint density at radius 1 is 1.33 bits per heavy atom. The first-order chi connectivity index (χ1) is 7.24. The average Bonchev–Trinajstić information content (AvgIpc) is 2.25. The molecule has 0 aliphatic heterocycles. The Hall–Kier alpha value is -0.900. The lowest BCUT2D eigenvalue weighted by Crippen LogP contribution is -2.24. The maximum atomic E-state index is 11.6. The highest BCUT2D eigenvalue weighted by atomic mass is 35.5. The molecule has 4 heteroatoms. The number of aliphatic hydroxyl groups is 1. The highest BCUT2D eigenvalue weighted by Crippen LogP contribution is 2.09. The zero-order valence-corrected chi connectivity index (χ0v) is 9.13. The Morgan fingerprint density at radius 3 is 2.60 bits per heavy atom. The van der Waals surface area contributed by atoms with Crippen molar-refractivity contribution in [3.05, 3.63) is 34.9 Å². The lowest BCUT2D eigenvalue weighted by Gasteiger charge is -2.03. The third kappa shape index (κ3) is 4.42. The summed E-state index contributed by atoms with van der Waals surface area (Å²) >= 11 is 5.71. The molecule has 0 radical (unpaired) electrons. The van der Waals surface area contributed by atoms with E-state index in [0.29, 0.717) is 30.1 Å². The second kappa shape index (κ2) is 6.56. The van der Waals surface area contributed by atoms with E-state index in [-0.39, 0.29) is 12.4 Å². The number of carbonyl (C=O) groups is 1. The highest BCUT2D eigenvalue weighted by molar-refractivity contribution is 6.30. The molecule has 82 valence electrons. The van der Waals surface area contributed by atoms with Gasteiger partial charge in [0.05, 0.1) is 6.54 Å². The Balaban J connectivity index is 2.37. The van der Waals surface area contributed by atoms with Gasteiger partial charge in [-0.3, -0.25) is 4.79 Å². The van der Waals surface area contributed by atoms with Gasteiger partial charge in [-0.15, -0.1) is 0 Å². The van der Waals surface area contributed by atoms with Crippen molar-refractivity contribution in [3.8, 4) is 0 Å². The molecular formula is C11H14ClNO2. The fourth-order valence-electron chi connectivity index (χ4n) is 1.14. The van der Waals surface area contributed by atoms with Crippen LogP contribution in [0.2, 0.25) is 5.02 Å². The third-order valence-electron chi connectivity index (χ3n) is 1.96. The molecule has 3 nitrogen and oxygen atoms in total. The van der Waals surface area contributed by atoms with Gasteiger partial charge >= 0.3 is 0 Å². The Labute approximate surface area is 94.1 Å². The molecule has 1 aromatic carbocycles. The molecule has 1 aromatic rings. The second-order valence-corrected chi connectivity index (χ2v) is 3.62. The zero-order valence-electron chi connectivity index (χ0n) is 8.37. The first kappa shape index (κ1) is 12.2. The van der Waals surface area contributed by atoms with E-state index in [4.69, 9.17) is 16.7 Å². The lowest BCUT2D eigenvalue weighted by molar-refractivity contribution is 0.0990. The van der Waals surface area contributed by atoms with Gasteiger partial charge in [0.2, 0.25) is 0 Å². The van der Waals surface area contributed by atoms with E-state index in [1.54, 1.807) is 24.3 Å². The fourth-order valence-corrected chi connectivity index (χ4v) is 1.27. The van der Waals surface area contributed by atoms with E-state index in [1.165, 1.54) is 0 Å². The van der Waals surface area contributed by atoms with Crippen molar-refractivity contribution < 1.29 is 9.90 Å². The smallest absolute Gasteiger partial charge is 0.176 e. The molecule has 15 heavy (non-hydrogen) atoms. The molecule has 0 saturated heterocycles. The summed E-state index contributed by atoms with van der Waals surface area (Å²) < 4.78 is 0. The summed E-state index contributed by atoms with van der Waals surface area (Å²) in [6, 6.07) is 6.81. The normalized spacial score (nSPS) is 10.3. The maximum Gasteiger partial charge on any atom is 0.176 e.